The Balaban J connectivity index is 1.72. The van der Waals surface area contributed by atoms with Crippen LogP contribution < -0.4 is 10.1 Å². The number of hydrogen-bond acceptors (Lipinski definition) is 5. The van der Waals surface area contributed by atoms with Crippen LogP contribution in [-0.2, 0) is 16.1 Å². The summed E-state index contributed by atoms with van der Waals surface area (Å²) in [5.41, 5.74) is 0.372. The summed E-state index contributed by atoms with van der Waals surface area (Å²) in [5.74, 6) is 0.395. The summed E-state index contributed by atoms with van der Waals surface area (Å²) in [5, 5.41) is 2.60. The maximum Gasteiger partial charge on any atom is 0.338 e. The lowest BCUT2D eigenvalue weighted by Crippen LogP contribution is -2.28. The van der Waals surface area contributed by atoms with Crippen LogP contribution in [0.5, 0.6) is 5.75 Å². The molecule has 0 radical (unpaired) electrons. The minimum absolute atomic E-state index is 0.257. The van der Waals surface area contributed by atoms with Gasteiger partial charge < -0.3 is 19.2 Å². The Bertz CT molecular complexity index is 634. The highest BCUT2D eigenvalue weighted by atomic mass is 16.5. The van der Waals surface area contributed by atoms with Crippen LogP contribution in [-0.4, -0.2) is 25.1 Å². The number of hydrogen-bond donors (Lipinski definition) is 1. The number of esters is 1. The largest absolute Gasteiger partial charge is 0.494 e. The van der Waals surface area contributed by atoms with E-state index in [1.54, 1.807) is 36.4 Å². The van der Waals surface area contributed by atoms with E-state index < -0.39 is 5.97 Å². The molecule has 1 heterocycles. The molecule has 0 saturated carbocycles. The van der Waals surface area contributed by atoms with Gasteiger partial charge in [-0.2, -0.15) is 0 Å². The molecule has 0 spiro atoms. The second-order valence-corrected chi connectivity index (χ2v) is 5.16. The molecule has 0 saturated heterocycles. The second-order valence-electron chi connectivity index (χ2n) is 5.16. The quantitative estimate of drug-likeness (QED) is 0.564. The number of benzene rings is 1. The number of carbonyl (C=O) groups excluding carboxylic acids is 2. The first-order chi connectivity index (χ1) is 11.7. The fourth-order valence-electron chi connectivity index (χ4n) is 1.89. The number of carbonyl (C=O) groups is 2. The number of furan rings is 1. The van der Waals surface area contributed by atoms with Crippen molar-refractivity contribution in [1.29, 1.82) is 0 Å². The lowest BCUT2D eigenvalue weighted by atomic mass is 10.2. The highest BCUT2D eigenvalue weighted by molar-refractivity contribution is 5.91. The van der Waals surface area contributed by atoms with E-state index >= 15 is 0 Å². The number of nitrogens with one attached hydrogen (secondary N) is 1. The summed E-state index contributed by atoms with van der Waals surface area (Å²) in [7, 11) is 0. The number of rotatable bonds is 9. The van der Waals surface area contributed by atoms with Crippen molar-refractivity contribution in [3.05, 3.63) is 54.0 Å². The maximum atomic E-state index is 11.9. The van der Waals surface area contributed by atoms with Gasteiger partial charge in [0.05, 0.1) is 25.0 Å². The molecule has 128 valence electrons. The Morgan fingerprint density at radius 2 is 1.96 bits per heavy atom. The zero-order valence-corrected chi connectivity index (χ0v) is 13.6. The molecular formula is C18H21NO5. The summed E-state index contributed by atoms with van der Waals surface area (Å²) < 4.78 is 15.6. The van der Waals surface area contributed by atoms with Crippen LogP contribution in [0.15, 0.2) is 47.1 Å². The first-order valence-electron chi connectivity index (χ1n) is 7.88. The third-order valence-electron chi connectivity index (χ3n) is 3.23. The Kier molecular flexibility index (Phi) is 6.89. The van der Waals surface area contributed by atoms with Crippen molar-refractivity contribution >= 4 is 11.9 Å². The van der Waals surface area contributed by atoms with Gasteiger partial charge in [-0.1, -0.05) is 13.3 Å². The second kappa shape index (κ2) is 9.39. The monoisotopic (exact) mass is 331 g/mol. The van der Waals surface area contributed by atoms with E-state index in [0.29, 0.717) is 23.7 Å². The van der Waals surface area contributed by atoms with Crippen molar-refractivity contribution in [3.8, 4) is 5.75 Å². The molecule has 0 atom stereocenters. The highest BCUT2D eigenvalue weighted by Crippen LogP contribution is 2.13. The molecule has 6 nitrogen and oxygen atoms in total. The van der Waals surface area contributed by atoms with Gasteiger partial charge in [-0.05, 0) is 42.8 Å². The van der Waals surface area contributed by atoms with Gasteiger partial charge in [0.1, 0.15) is 11.5 Å². The summed E-state index contributed by atoms with van der Waals surface area (Å²) in [6, 6.07) is 10.1. The summed E-state index contributed by atoms with van der Waals surface area (Å²) >= 11 is 0. The van der Waals surface area contributed by atoms with Gasteiger partial charge >= 0.3 is 5.97 Å². The van der Waals surface area contributed by atoms with E-state index in [2.05, 4.69) is 12.2 Å². The topological polar surface area (TPSA) is 77.8 Å². The van der Waals surface area contributed by atoms with Crippen LogP contribution in [0.2, 0.25) is 0 Å². The SMILES string of the molecule is CCCCOc1ccc(C(=O)OCC(=O)NCc2ccco2)cc1. The average Bonchev–Trinajstić information content (AvgIpc) is 3.12. The lowest BCUT2D eigenvalue weighted by Gasteiger charge is -2.07. The molecule has 0 unspecified atom stereocenters. The van der Waals surface area contributed by atoms with Crippen molar-refractivity contribution < 1.29 is 23.5 Å². The van der Waals surface area contributed by atoms with Crippen LogP contribution in [0.4, 0.5) is 0 Å². The van der Waals surface area contributed by atoms with Crippen LogP contribution in [0, 0.1) is 0 Å². The molecule has 2 rings (SSSR count). The molecular weight excluding hydrogens is 310 g/mol. The molecule has 24 heavy (non-hydrogen) atoms. The minimum atomic E-state index is -0.553. The van der Waals surface area contributed by atoms with Crippen molar-refractivity contribution in [2.75, 3.05) is 13.2 Å². The normalized spacial score (nSPS) is 10.2. The Labute approximate surface area is 140 Å². The summed E-state index contributed by atoms with van der Waals surface area (Å²) in [4.78, 5) is 23.5. The Hall–Kier alpha value is -2.76. The third-order valence-corrected chi connectivity index (χ3v) is 3.23. The van der Waals surface area contributed by atoms with Crippen molar-refractivity contribution in [3.63, 3.8) is 0 Å². The van der Waals surface area contributed by atoms with E-state index in [1.807, 2.05) is 0 Å². The lowest BCUT2D eigenvalue weighted by molar-refractivity contribution is -0.124. The molecule has 1 N–H and O–H groups in total. The molecule has 0 fully saturated rings. The zero-order valence-electron chi connectivity index (χ0n) is 13.6. The Morgan fingerprint density at radius 3 is 2.62 bits per heavy atom. The minimum Gasteiger partial charge on any atom is -0.494 e. The summed E-state index contributed by atoms with van der Waals surface area (Å²) in [6.07, 6.45) is 3.57. The maximum absolute atomic E-state index is 11.9. The first kappa shape index (κ1) is 17.6. The predicted octanol–water partition coefficient (Wildman–Crippen LogP) is 2.93. The van der Waals surface area contributed by atoms with E-state index in [1.165, 1.54) is 6.26 Å². The predicted molar refractivity (Wildman–Crippen MR) is 87.7 cm³/mol. The van der Waals surface area contributed by atoms with Crippen LogP contribution >= 0.6 is 0 Å². The number of ether oxygens (including phenoxy) is 2. The first-order valence-corrected chi connectivity index (χ1v) is 7.88. The van der Waals surface area contributed by atoms with Crippen molar-refractivity contribution in [2.45, 2.75) is 26.3 Å². The molecule has 0 aliphatic carbocycles. The zero-order chi connectivity index (χ0) is 17.2. The standard InChI is InChI=1S/C18H21NO5/c1-2-3-10-22-15-8-6-14(7-9-15)18(21)24-13-17(20)19-12-16-5-4-11-23-16/h4-9,11H,2-3,10,12-13H2,1H3,(H,19,20). The van der Waals surface area contributed by atoms with Crippen LogP contribution in [0.3, 0.4) is 0 Å². The van der Waals surface area contributed by atoms with Gasteiger partial charge in [-0.15, -0.1) is 0 Å². The molecule has 1 aromatic carbocycles. The third kappa shape index (κ3) is 5.79. The van der Waals surface area contributed by atoms with Gasteiger partial charge in [0.15, 0.2) is 6.61 Å². The Morgan fingerprint density at radius 1 is 1.17 bits per heavy atom. The molecule has 0 bridgehead atoms. The van der Waals surface area contributed by atoms with Crippen LogP contribution in [0.1, 0.15) is 35.9 Å². The van der Waals surface area contributed by atoms with Gasteiger partial charge in [0, 0.05) is 0 Å². The van der Waals surface area contributed by atoms with Gasteiger partial charge in [-0.3, -0.25) is 4.79 Å². The average molecular weight is 331 g/mol. The van der Waals surface area contributed by atoms with Gasteiger partial charge in [0.25, 0.3) is 5.91 Å². The summed E-state index contributed by atoms with van der Waals surface area (Å²) in [6.45, 7) is 2.66. The van der Waals surface area contributed by atoms with E-state index in [4.69, 9.17) is 13.9 Å². The van der Waals surface area contributed by atoms with Gasteiger partial charge in [0.2, 0.25) is 0 Å². The van der Waals surface area contributed by atoms with E-state index in [-0.39, 0.29) is 19.1 Å². The molecule has 1 aromatic heterocycles. The molecule has 6 heteroatoms. The molecule has 1 amide bonds. The fraction of sp³-hybridized carbons (Fsp3) is 0.333. The van der Waals surface area contributed by atoms with Crippen molar-refractivity contribution in [2.24, 2.45) is 0 Å². The molecule has 0 aliphatic heterocycles. The van der Waals surface area contributed by atoms with E-state index in [9.17, 15) is 9.59 Å². The van der Waals surface area contributed by atoms with Gasteiger partial charge in [-0.25, -0.2) is 4.79 Å². The smallest absolute Gasteiger partial charge is 0.338 e. The van der Waals surface area contributed by atoms with Crippen LogP contribution in [0.25, 0.3) is 0 Å². The molecule has 2 aromatic rings. The number of amides is 1. The number of unbranched alkanes of at least 4 members (excludes halogenated alkanes) is 1. The highest BCUT2D eigenvalue weighted by Gasteiger charge is 2.10. The van der Waals surface area contributed by atoms with E-state index in [0.717, 1.165) is 12.8 Å². The molecule has 0 aliphatic rings. The van der Waals surface area contributed by atoms with Crippen molar-refractivity contribution in [1.82, 2.24) is 5.32 Å². The fourth-order valence-corrected chi connectivity index (χ4v) is 1.89.